The fourth-order valence-electron chi connectivity index (χ4n) is 2.59. The Morgan fingerprint density at radius 3 is 1.33 bits per heavy atom. The van der Waals surface area contributed by atoms with Crippen LogP contribution in [0.3, 0.4) is 0 Å². The second-order valence-corrected chi connectivity index (χ2v) is 10.1. The van der Waals surface area contributed by atoms with E-state index in [4.69, 9.17) is 8.37 Å². The molecule has 2 N–H and O–H groups in total. The third kappa shape index (κ3) is 6.63. The van der Waals surface area contributed by atoms with E-state index in [-0.39, 0.29) is 11.5 Å². The third-order valence-corrected chi connectivity index (χ3v) is 5.20. The van der Waals surface area contributed by atoms with Gasteiger partial charge in [0.2, 0.25) is 0 Å². The number of hydrogen-bond acceptors (Lipinski definition) is 7. The van der Waals surface area contributed by atoms with Gasteiger partial charge in [0.15, 0.2) is 0 Å². The molecular weight excluding hydrogens is 432 g/mol. The molecule has 0 aliphatic heterocycles. The summed E-state index contributed by atoms with van der Waals surface area (Å²) in [6, 6.07) is 5.53. The Bertz CT molecular complexity index is 1110. The molecule has 0 aliphatic carbocycles. The monoisotopic (exact) mass is 456 g/mol. The van der Waals surface area contributed by atoms with Crippen LogP contribution in [0.1, 0.15) is 22.3 Å². The van der Waals surface area contributed by atoms with E-state index in [1.54, 1.807) is 39.8 Å². The third-order valence-electron chi connectivity index (χ3n) is 4.24. The predicted molar refractivity (Wildman–Crippen MR) is 115 cm³/mol. The van der Waals surface area contributed by atoms with Crippen LogP contribution in [0.25, 0.3) is 0 Å². The van der Waals surface area contributed by atoms with Crippen molar-refractivity contribution in [1.29, 1.82) is 0 Å². The van der Waals surface area contributed by atoms with Crippen LogP contribution in [0.15, 0.2) is 24.3 Å². The zero-order valence-corrected chi connectivity index (χ0v) is 19.1. The molecule has 164 valence electrons. The Balaban J connectivity index is 2.26. The van der Waals surface area contributed by atoms with Crippen LogP contribution in [-0.2, 0) is 20.2 Å². The van der Waals surface area contributed by atoms with Crippen molar-refractivity contribution in [2.45, 2.75) is 27.7 Å². The number of carbonyl (C=O) groups excluding carboxylic acids is 1. The lowest BCUT2D eigenvalue weighted by molar-refractivity contribution is 0.262. The summed E-state index contributed by atoms with van der Waals surface area (Å²) in [4.78, 5) is 12.4. The van der Waals surface area contributed by atoms with Crippen LogP contribution < -0.4 is 19.0 Å². The lowest BCUT2D eigenvalue weighted by Crippen LogP contribution is -2.20. The van der Waals surface area contributed by atoms with Gasteiger partial charge in [-0.2, -0.15) is 16.8 Å². The van der Waals surface area contributed by atoms with E-state index in [0.29, 0.717) is 22.5 Å². The van der Waals surface area contributed by atoms with Crippen molar-refractivity contribution >= 4 is 37.6 Å². The largest absolute Gasteiger partial charge is 0.382 e. The van der Waals surface area contributed by atoms with Gasteiger partial charge in [-0.3, -0.25) is 0 Å². The van der Waals surface area contributed by atoms with Crippen molar-refractivity contribution in [2.24, 2.45) is 0 Å². The predicted octanol–water partition coefficient (Wildman–Crippen LogP) is 3.24. The van der Waals surface area contributed by atoms with Crippen molar-refractivity contribution in [3.63, 3.8) is 0 Å². The van der Waals surface area contributed by atoms with Gasteiger partial charge in [-0.25, -0.2) is 4.79 Å². The zero-order chi connectivity index (χ0) is 22.9. The molecule has 2 amide bonds. The van der Waals surface area contributed by atoms with Crippen LogP contribution in [0.2, 0.25) is 0 Å². The number of rotatable bonds is 6. The molecule has 0 saturated heterocycles. The summed E-state index contributed by atoms with van der Waals surface area (Å²) in [7, 11) is -7.46. The fraction of sp³-hybridized carbons (Fsp3) is 0.316. The summed E-state index contributed by atoms with van der Waals surface area (Å²) in [5.41, 5.74) is 3.35. The number of aryl methyl sites for hydroxylation is 2. The van der Waals surface area contributed by atoms with Crippen LogP contribution in [0.4, 0.5) is 16.2 Å². The van der Waals surface area contributed by atoms with Gasteiger partial charge in [0.1, 0.15) is 11.5 Å². The van der Waals surface area contributed by atoms with Crippen molar-refractivity contribution in [2.75, 3.05) is 23.1 Å². The first kappa shape index (κ1) is 23.5. The first-order valence-electron chi connectivity index (χ1n) is 8.74. The second kappa shape index (κ2) is 8.52. The lowest BCUT2D eigenvalue weighted by Gasteiger charge is -2.15. The molecule has 0 radical (unpaired) electrons. The molecule has 9 nitrogen and oxygen atoms in total. The van der Waals surface area contributed by atoms with Crippen molar-refractivity contribution < 1.29 is 30.0 Å². The maximum absolute atomic E-state index is 12.4. The van der Waals surface area contributed by atoms with Crippen LogP contribution in [0.5, 0.6) is 11.5 Å². The molecule has 0 atom stereocenters. The molecule has 0 bridgehead atoms. The number of anilines is 2. The standard InChI is InChI=1S/C19H24N2O7S2/c1-11-7-15(9-17(13(11)3)27-29(5,23)24)20-19(22)21-16-8-12(2)14(4)18(10-16)28-30(6,25)26/h7-10H,1-6H3,(H2,20,21,22). The Morgan fingerprint density at radius 1 is 0.700 bits per heavy atom. The fourth-order valence-corrected chi connectivity index (χ4v) is 3.59. The highest BCUT2D eigenvalue weighted by Gasteiger charge is 2.15. The molecule has 0 fully saturated rings. The minimum Gasteiger partial charge on any atom is -0.382 e. The van der Waals surface area contributed by atoms with Gasteiger partial charge >= 0.3 is 26.3 Å². The summed E-state index contributed by atoms with van der Waals surface area (Å²) in [6.45, 7) is 6.92. The van der Waals surface area contributed by atoms with E-state index in [2.05, 4.69) is 10.6 Å². The molecule has 2 aromatic carbocycles. The van der Waals surface area contributed by atoms with Crippen LogP contribution in [-0.4, -0.2) is 35.4 Å². The minimum absolute atomic E-state index is 0.114. The molecule has 30 heavy (non-hydrogen) atoms. The molecule has 0 spiro atoms. The summed E-state index contributed by atoms with van der Waals surface area (Å²) in [5, 5.41) is 5.20. The maximum atomic E-state index is 12.4. The van der Waals surface area contributed by atoms with Crippen molar-refractivity contribution in [3.8, 4) is 11.5 Å². The zero-order valence-electron chi connectivity index (χ0n) is 17.5. The Labute approximate surface area is 176 Å². The van der Waals surface area contributed by atoms with Crippen LogP contribution in [0, 0.1) is 27.7 Å². The van der Waals surface area contributed by atoms with E-state index in [1.165, 1.54) is 12.1 Å². The summed E-state index contributed by atoms with van der Waals surface area (Å²) < 4.78 is 55.8. The molecule has 0 heterocycles. The summed E-state index contributed by atoms with van der Waals surface area (Å²) >= 11 is 0. The average molecular weight is 457 g/mol. The molecular formula is C19H24N2O7S2. The number of amides is 2. The Kier molecular flexibility index (Phi) is 6.67. The number of hydrogen-bond donors (Lipinski definition) is 2. The molecule has 2 rings (SSSR count). The van der Waals surface area contributed by atoms with Crippen molar-refractivity contribution in [1.82, 2.24) is 0 Å². The SMILES string of the molecule is Cc1cc(NC(=O)Nc2cc(C)c(C)c(OS(C)(=O)=O)c2)cc(OS(C)(=O)=O)c1C. The number of carbonyl (C=O) groups is 1. The maximum Gasteiger partial charge on any atom is 0.323 e. The molecule has 2 aromatic rings. The number of nitrogens with one attached hydrogen (secondary N) is 2. The topological polar surface area (TPSA) is 128 Å². The Morgan fingerprint density at radius 2 is 1.03 bits per heavy atom. The molecule has 0 unspecified atom stereocenters. The Hall–Kier alpha value is -2.79. The molecule has 0 aliphatic rings. The molecule has 0 saturated carbocycles. The van der Waals surface area contributed by atoms with Crippen molar-refractivity contribution in [3.05, 3.63) is 46.5 Å². The normalized spacial score (nSPS) is 11.7. The minimum atomic E-state index is -3.73. The quantitative estimate of drug-likeness (QED) is 0.639. The van der Waals surface area contributed by atoms with E-state index < -0.39 is 26.3 Å². The van der Waals surface area contributed by atoms with Gasteiger partial charge in [0.25, 0.3) is 0 Å². The van der Waals surface area contributed by atoms with E-state index in [9.17, 15) is 21.6 Å². The second-order valence-electron chi connectivity index (χ2n) is 6.99. The van der Waals surface area contributed by atoms with Gasteiger partial charge in [-0.15, -0.1) is 0 Å². The first-order chi connectivity index (χ1) is 13.6. The summed E-state index contributed by atoms with van der Waals surface area (Å²) in [6.07, 6.45) is 1.87. The van der Waals surface area contributed by atoms with Gasteiger partial charge in [0.05, 0.1) is 12.5 Å². The van der Waals surface area contributed by atoms with Gasteiger partial charge in [-0.1, -0.05) is 0 Å². The van der Waals surface area contributed by atoms with E-state index in [0.717, 1.165) is 23.6 Å². The van der Waals surface area contributed by atoms with E-state index in [1.807, 2.05) is 0 Å². The van der Waals surface area contributed by atoms with Gasteiger partial charge in [-0.05, 0) is 62.1 Å². The smallest absolute Gasteiger partial charge is 0.323 e. The van der Waals surface area contributed by atoms with E-state index >= 15 is 0 Å². The lowest BCUT2D eigenvalue weighted by atomic mass is 10.1. The molecule has 0 aromatic heterocycles. The molecule has 11 heteroatoms. The van der Waals surface area contributed by atoms with Gasteiger partial charge in [0, 0.05) is 23.5 Å². The number of urea groups is 1. The van der Waals surface area contributed by atoms with Crippen LogP contribution >= 0.6 is 0 Å². The first-order valence-corrected chi connectivity index (χ1v) is 12.4. The van der Waals surface area contributed by atoms with Gasteiger partial charge < -0.3 is 19.0 Å². The highest BCUT2D eigenvalue weighted by atomic mass is 32.2. The average Bonchev–Trinajstić information content (AvgIpc) is 2.54. The highest BCUT2D eigenvalue weighted by molar-refractivity contribution is 7.86. The summed E-state index contributed by atoms with van der Waals surface area (Å²) in [5.74, 6) is 0.227. The number of benzene rings is 2. The highest BCUT2D eigenvalue weighted by Crippen LogP contribution is 2.29.